The average Bonchev–Trinajstić information content (AvgIpc) is 3.33. The number of likely N-dealkylation sites (tertiary alicyclic amines) is 1. The zero-order chi connectivity index (χ0) is 23.2. The van der Waals surface area contributed by atoms with Gasteiger partial charge in [0.2, 0.25) is 5.91 Å². The molecule has 8 nitrogen and oxygen atoms in total. The van der Waals surface area contributed by atoms with Gasteiger partial charge in [0.05, 0.1) is 12.1 Å². The largest absolute Gasteiger partial charge is 0.388 e. The maximum atomic E-state index is 12.2. The molecule has 1 atom stereocenters. The fraction of sp³-hybridized carbons (Fsp3) is 0.458. The Hall–Kier alpha value is -3.13. The van der Waals surface area contributed by atoms with Crippen LogP contribution in [-0.4, -0.2) is 44.7 Å². The van der Waals surface area contributed by atoms with Crippen LogP contribution in [0.1, 0.15) is 61.2 Å². The number of nitrogen functional groups attached to an aromatic ring is 1. The van der Waals surface area contributed by atoms with E-state index in [1.54, 1.807) is 4.68 Å². The van der Waals surface area contributed by atoms with Gasteiger partial charge in [-0.15, -0.1) is 0 Å². The van der Waals surface area contributed by atoms with Gasteiger partial charge in [0.1, 0.15) is 17.1 Å². The summed E-state index contributed by atoms with van der Waals surface area (Å²) in [5.74, 6) is -0.285. The van der Waals surface area contributed by atoms with Crippen LogP contribution in [0.2, 0.25) is 0 Å². The third-order valence-corrected chi connectivity index (χ3v) is 6.96. The lowest BCUT2D eigenvalue weighted by Gasteiger charge is -2.45. The standard InChI is InChI=1S/C24H31N5O3/c1-4-18(30)28-10-9-24(13-28)11-17(12-24)29-22(25)19(23(26)32)20(27-29)15-5-7-16(8-6-15)21(31)14(2)3/h4-8,14,17,21,31H,1,9-13,25H2,2-3H3,(H2,26,32). The molecule has 1 aliphatic heterocycles. The molecule has 2 amide bonds. The zero-order valence-electron chi connectivity index (χ0n) is 18.6. The number of aromatic nitrogens is 2. The van der Waals surface area contributed by atoms with E-state index in [1.165, 1.54) is 6.08 Å². The third kappa shape index (κ3) is 3.68. The first-order chi connectivity index (χ1) is 15.2. The van der Waals surface area contributed by atoms with Crippen molar-refractivity contribution in [1.29, 1.82) is 0 Å². The van der Waals surface area contributed by atoms with Gasteiger partial charge in [0.25, 0.3) is 5.91 Å². The second-order valence-corrected chi connectivity index (χ2v) is 9.50. The molecule has 1 unspecified atom stereocenters. The summed E-state index contributed by atoms with van der Waals surface area (Å²) >= 11 is 0. The highest BCUT2D eigenvalue weighted by molar-refractivity contribution is 6.03. The summed E-state index contributed by atoms with van der Waals surface area (Å²) in [7, 11) is 0. The van der Waals surface area contributed by atoms with Gasteiger partial charge in [-0.2, -0.15) is 5.10 Å². The van der Waals surface area contributed by atoms with E-state index in [0.29, 0.717) is 12.2 Å². The predicted molar refractivity (Wildman–Crippen MR) is 122 cm³/mol. The van der Waals surface area contributed by atoms with Crippen molar-refractivity contribution in [3.05, 3.63) is 48.0 Å². The summed E-state index contributed by atoms with van der Waals surface area (Å²) in [5, 5.41) is 15.0. The summed E-state index contributed by atoms with van der Waals surface area (Å²) < 4.78 is 1.72. The average molecular weight is 438 g/mol. The van der Waals surface area contributed by atoms with Gasteiger partial charge in [-0.3, -0.25) is 9.59 Å². The highest BCUT2D eigenvalue weighted by atomic mass is 16.3. The maximum Gasteiger partial charge on any atom is 0.254 e. The number of benzene rings is 1. The van der Waals surface area contributed by atoms with Crippen LogP contribution in [0.5, 0.6) is 0 Å². The summed E-state index contributed by atoms with van der Waals surface area (Å²) in [4.78, 5) is 26.0. The van der Waals surface area contributed by atoms with Crippen molar-refractivity contribution in [2.24, 2.45) is 17.1 Å². The Kier molecular flexibility index (Phi) is 5.58. The van der Waals surface area contributed by atoms with Gasteiger partial charge in [0.15, 0.2) is 0 Å². The van der Waals surface area contributed by atoms with Crippen molar-refractivity contribution in [3.8, 4) is 11.3 Å². The fourth-order valence-corrected chi connectivity index (χ4v) is 5.09. The molecule has 1 aromatic carbocycles. The summed E-state index contributed by atoms with van der Waals surface area (Å²) in [6.45, 7) is 8.93. The molecular weight excluding hydrogens is 406 g/mol. The van der Waals surface area contributed by atoms with Gasteiger partial charge in [-0.25, -0.2) is 4.68 Å². The highest BCUT2D eigenvalue weighted by Gasteiger charge is 2.50. The van der Waals surface area contributed by atoms with Crippen LogP contribution in [-0.2, 0) is 4.79 Å². The minimum atomic E-state index is -0.618. The van der Waals surface area contributed by atoms with Gasteiger partial charge in [0, 0.05) is 18.7 Å². The van der Waals surface area contributed by atoms with Gasteiger partial charge < -0.3 is 21.5 Å². The first kappa shape index (κ1) is 22.1. The quantitative estimate of drug-likeness (QED) is 0.599. The lowest BCUT2D eigenvalue weighted by molar-refractivity contribution is -0.125. The lowest BCUT2D eigenvalue weighted by Crippen LogP contribution is -2.42. The molecule has 1 aromatic heterocycles. The van der Waals surface area contributed by atoms with E-state index in [4.69, 9.17) is 11.5 Å². The number of hydrogen-bond donors (Lipinski definition) is 3. The molecule has 5 N–H and O–H groups in total. The van der Waals surface area contributed by atoms with Crippen molar-refractivity contribution in [3.63, 3.8) is 0 Å². The number of aliphatic hydroxyl groups excluding tert-OH is 1. The predicted octanol–water partition coefficient (Wildman–Crippen LogP) is 2.66. The van der Waals surface area contributed by atoms with E-state index in [0.717, 1.165) is 36.9 Å². The molecule has 0 bridgehead atoms. The first-order valence-electron chi connectivity index (χ1n) is 11.0. The van der Waals surface area contributed by atoms with E-state index >= 15 is 0 Å². The molecule has 1 saturated carbocycles. The Bertz CT molecular complexity index is 1050. The molecular formula is C24H31N5O3. The molecule has 1 spiro atoms. The van der Waals surface area contributed by atoms with Crippen molar-refractivity contribution >= 4 is 17.6 Å². The number of anilines is 1. The Morgan fingerprint density at radius 1 is 1.28 bits per heavy atom. The monoisotopic (exact) mass is 437 g/mol. The molecule has 2 aliphatic rings. The molecule has 0 radical (unpaired) electrons. The van der Waals surface area contributed by atoms with Gasteiger partial charge >= 0.3 is 0 Å². The Balaban J connectivity index is 1.58. The molecule has 1 aliphatic carbocycles. The van der Waals surface area contributed by atoms with Crippen molar-refractivity contribution in [2.45, 2.75) is 45.3 Å². The first-order valence-corrected chi connectivity index (χ1v) is 11.0. The van der Waals surface area contributed by atoms with E-state index in [9.17, 15) is 14.7 Å². The third-order valence-electron chi connectivity index (χ3n) is 6.96. The smallest absolute Gasteiger partial charge is 0.254 e. The van der Waals surface area contributed by atoms with E-state index in [-0.39, 0.29) is 34.7 Å². The number of primary amides is 1. The number of hydrogen-bond acceptors (Lipinski definition) is 5. The minimum absolute atomic E-state index is 0.0340. The van der Waals surface area contributed by atoms with Gasteiger partial charge in [-0.05, 0) is 42.2 Å². The number of carbonyl (C=O) groups is 2. The molecule has 2 aromatic rings. The van der Waals surface area contributed by atoms with Crippen LogP contribution in [0.4, 0.5) is 5.82 Å². The van der Waals surface area contributed by atoms with E-state index < -0.39 is 12.0 Å². The summed E-state index contributed by atoms with van der Waals surface area (Å²) in [6.07, 6.45) is 3.43. The fourth-order valence-electron chi connectivity index (χ4n) is 5.09. The van der Waals surface area contributed by atoms with Crippen LogP contribution < -0.4 is 11.5 Å². The number of aliphatic hydroxyl groups is 1. The Labute approximate surface area is 187 Å². The molecule has 1 saturated heterocycles. The van der Waals surface area contributed by atoms with Crippen molar-refractivity contribution < 1.29 is 14.7 Å². The molecule has 170 valence electrons. The van der Waals surface area contributed by atoms with Crippen LogP contribution in [0.25, 0.3) is 11.3 Å². The molecule has 2 fully saturated rings. The van der Waals surface area contributed by atoms with Crippen molar-refractivity contribution in [1.82, 2.24) is 14.7 Å². The van der Waals surface area contributed by atoms with Crippen LogP contribution in [0.3, 0.4) is 0 Å². The van der Waals surface area contributed by atoms with Gasteiger partial charge in [-0.1, -0.05) is 44.7 Å². The normalized spacial score (nSPS) is 23.4. The van der Waals surface area contributed by atoms with E-state index in [1.807, 2.05) is 43.0 Å². The number of nitrogens with two attached hydrogens (primary N) is 2. The SMILES string of the molecule is C=CC(=O)N1CCC2(CC(n3nc(-c4ccc(C(O)C(C)C)cc4)c(C(N)=O)c3N)C2)C1. The Morgan fingerprint density at radius 3 is 2.50 bits per heavy atom. The molecule has 4 rings (SSSR count). The number of amides is 2. The van der Waals surface area contributed by atoms with Crippen LogP contribution in [0.15, 0.2) is 36.9 Å². The second kappa shape index (κ2) is 8.09. The Morgan fingerprint density at radius 2 is 1.94 bits per heavy atom. The summed E-state index contributed by atoms with van der Waals surface area (Å²) in [5.41, 5.74) is 14.3. The van der Waals surface area contributed by atoms with Crippen molar-refractivity contribution in [2.75, 3.05) is 18.8 Å². The number of rotatable bonds is 6. The second-order valence-electron chi connectivity index (χ2n) is 9.50. The highest BCUT2D eigenvalue weighted by Crippen LogP contribution is 2.54. The molecule has 2 heterocycles. The van der Waals surface area contributed by atoms with Crippen LogP contribution >= 0.6 is 0 Å². The molecule has 8 heteroatoms. The topological polar surface area (TPSA) is 127 Å². The summed E-state index contributed by atoms with van der Waals surface area (Å²) in [6, 6.07) is 7.39. The molecule has 32 heavy (non-hydrogen) atoms. The van der Waals surface area contributed by atoms with E-state index in [2.05, 4.69) is 11.7 Å². The van der Waals surface area contributed by atoms with Crippen LogP contribution in [0, 0.1) is 11.3 Å². The lowest BCUT2D eigenvalue weighted by atomic mass is 9.65. The minimum Gasteiger partial charge on any atom is -0.388 e. The zero-order valence-corrected chi connectivity index (χ0v) is 18.6. The number of nitrogens with zero attached hydrogens (tertiary/aromatic N) is 3. The number of carbonyl (C=O) groups excluding carboxylic acids is 2. The maximum absolute atomic E-state index is 12.2.